The molecule has 0 aliphatic rings. The molecule has 3 N–H and O–H groups in total. The summed E-state index contributed by atoms with van der Waals surface area (Å²) in [6.45, 7) is 0. The van der Waals surface area contributed by atoms with Gasteiger partial charge in [0.05, 0.1) is 18.2 Å². The van der Waals surface area contributed by atoms with Gasteiger partial charge in [0.2, 0.25) is 5.78 Å². The molecule has 0 unspecified atom stereocenters. The fourth-order valence-electron chi connectivity index (χ4n) is 2.11. The summed E-state index contributed by atoms with van der Waals surface area (Å²) >= 11 is 0. The third kappa shape index (κ3) is 2.84. The second kappa shape index (κ2) is 6.18. The molecular weight excluding hydrogens is 304 g/mol. The van der Waals surface area contributed by atoms with Gasteiger partial charge in [-0.1, -0.05) is 6.07 Å². The molecule has 23 heavy (non-hydrogen) atoms. The summed E-state index contributed by atoms with van der Waals surface area (Å²) < 4.78 is 4.48. The first kappa shape index (κ1) is 16.0. The van der Waals surface area contributed by atoms with Crippen LogP contribution in [-0.4, -0.2) is 40.5 Å². The summed E-state index contributed by atoms with van der Waals surface area (Å²) in [5.74, 6) is -3.43. The number of hydrogen-bond acceptors (Lipinski definition) is 7. The highest BCUT2D eigenvalue weighted by atomic mass is 16.5. The first-order valence-corrected chi connectivity index (χ1v) is 6.36. The van der Waals surface area contributed by atoms with Gasteiger partial charge in [-0.3, -0.25) is 9.59 Å². The van der Waals surface area contributed by atoms with Crippen molar-refractivity contribution >= 4 is 18.0 Å². The largest absolute Gasteiger partial charge is 0.507 e. The Balaban J connectivity index is 2.66. The van der Waals surface area contributed by atoms with Crippen molar-refractivity contribution in [1.82, 2.24) is 0 Å². The number of esters is 1. The molecule has 0 aromatic heterocycles. The summed E-state index contributed by atoms with van der Waals surface area (Å²) in [5, 5.41) is 29.5. The molecule has 0 spiro atoms. The lowest BCUT2D eigenvalue weighted by atomic mass is 9.95. The van der Waals surface area contributed by atoms with Gasteiger partial charge in [-0.15, -0.1) is 0 Å². The Hall–Kier alpha value is -3.35. The molecule has 0 saturated heterocycles. The van der Waals surface area contributed by atoms with E-state index in [0.29, 0.717) is 0 Å². The van der Waals surface area contributed by atoms with E-state index in [1.54, 1.807) is 0 Å². The average molecular weight is 316 g/mol. The van der Waals surface area contributed by atoms with Crippen molar-refractivity contribution in [2.75, 3.05) is 7.11 Å². The Labute approximate surface area is 130 Å². The van der Waals surface area contributed by atoms with E-state index >= 15 is 0 Å². The number of methoxy groups -OCH3 is 1. The second-order valence-electron chi connectivity index (χ2n) is 4.57. The van der Waals surface area contributed by atoms with Gasteiger partial charge in [0.1, 0.15) is 22.8 Å². The molecule has 0 fully saturated rings. The molecule has 0 amide bonds. The van der Waals surface area contributed by atoms with E-state index in [4.69, 9.17) is 0 Å². The minimum Gasteiger partial charge on any atom is -0.507 e. The first-order chi connectivity index (χ1) is 10.9. The molecule has 7 nitrogen and oxygen atoms in total. The number of aromatic hydroxyl groups is 3. The van der Waals surface area contributed by atoms with Crippen molar-refractivity contribution in [1.29, 1.82) is 0 Å². The van der Waals surface area contributed by atoms with E-state index in [9.17, 15) is 29.7 Å². The van der Waals surface area contributed by atoms with Gasteiger partial charge in [0.15, 0.2) is 6.29 Å². The van der Waals surface area contributed by atoms with Gasteiger partial charge in [-0.05, 0) is 24.3 Å². The highest BCUT2D eigenvalue weighted by Crippen LogP contribution is 2.33. The van der Waals surface area contributed by atoms with Crippen LogP contribution in [0.25, 0.3) is 0 Å². The van der Waals surface area contributed by atoms with Crippen LogP contribution in [0.15, 0.2) is 30.3 Å². The van der Waals surface area contributed by atoms with E-state index in [2.05, 4.69) is 4.74 Å². The second-order valence-corrected chi connectivity index (χ2v) is 4.57. The van der Waals surface area contributed by atoms with Crippen molar-refractivity contribution in [2.24, 2.45) is 0 Å². The molecule has 0 atom stereocenters. The van der Waals surface area contributed by atoms with Gasteiger partial charge in [-0.2, -0.15) is 0 Å². The number of aldehydes is 1. The van der Waals surface area contributed by atoms with Gasteiger partial charge >= 0.3 is 5.97 Å². The zero-order chi connectivity index (χ0) is 17.1. The number of phenolic OH excluding ortho intramolecular Hbond substituents is 3. The molecule has 0 radical (unpaired) electrons. The first-order valence-electron chi connectivity index (χ1n) is 6.36. The average Bonchev–Trinajstić information content (AvgIpc) is 2.52. The lowest BCUT2D eigenvalue weighted by molar-refractivity contribution is 0.0600. The van der Waals surface area contributed by atoms with Gasteiger partial charge in [0.25, 0.3) is 0 Å². The van der Waals surface area contributed by atoms with Crippen LogP contribution in [0, 0.1) is 0 Å². The van der Waals surface area contributed by atoms with Crippen molar-refractivity contribution in [3.8, 4) is 17.2 Å². The number of hydrogen-bond donors (Lipinski definition) is 3. The SMILES string of the molecule is COC(=O)c1cc(O)c(C(=O)c2c(O)cccc2O)c(C=O)c1. The van der Waals surface area contributed by atoms with E-state index < -0.39 is 40.1 Å². The Morgan fingerprint density at radius 2 is 1.61 bits per heavy atom. The normalized spacial score (nSPS) is 10.1. The topological polar surface area (TPSA) is 121 Å². The third-order valence-electron chi connectivity index (χ3n) is 3.17. The fourth-order valence-corrected chi connectivity index (χ4v) is 2.11. The van der Waals surface area contributed by atoms with Crippen LogP contribution in [-0.2, 0) is 4.74 Å². The molecule has 118 valence electrons. The van der Waals surface area contributed by atoms with E-state index in [-0.39, 0.29) is 17.4 Å². The Kier molecular flexibility index (Phi) is 4.31. The highest BCUT2D eigenvalue weighted by molar-refractivity contribution is 6.17. The molecular formula is C16H12O7. The molecule has 2 rings (SSSR count). The Morgan fingerprint density at radius 1 is 1.00 bits per heavy atom. The number of benzene rings is 2. The minimum absolute atomic E-state index is 0.120. The van der Waals surface area contributed by atoms with Gasteiger partial charge < -0.3 is 20.1 Å². The molecule has 0 saturated carbocycles. The molecule has 2 aromatic rings. The smallest absolute Gasteiger partial charge is 0.338 e. The monoisotopic (exact) mass is 316 g/mol. The molecule has 7 heteroatoms. The zero-order valence-corrected chi connectivity index (χ0v) is 11.9. The maximum Gasteiger partial charge on any atom is 0.338 e. The number of rotatable bonds is 4. The summed E-state index contributed by atoms with van der Waals surface area (Å²) in [5.41, 5.74) is -1.30. The zero-order valence-electron chi connectivity index (χ0n) is 11.9. The van der Waals surface area contributed by atoms with Gasteiger partial charge in [-0.25, -0.2) is 4.79 Å². The molecule has 0 heterocycles. The van der Waals surface area contributed by atoms with Crippen molar-refractivity contribution in [3.63, 3.8) is 0 Å². The van der Waals surface area contributed by atoms with Crippen molar-refractivity contribution in [2.45, 2.75) is 0 Å². The minimum atomic E-state index is -0.961. The fraction of sp³-hybridized carbons (Fsp3) is 0.0625. The number of carbonyl (C=O) groups excluding carboxylic acids is 3. The van der Waals surface area contributed by atoms with Crippen molar-refractivity contribution < 1.29 is 34.4 Å². The van der Waals surface area contributed by atoms with E-state index in [0.717, 1.165) is 19.2 Å². The van der Waals surface area contributed by atoms with Crippen LogP contribution < -0.4 is 0 Å². The van der Waals surface area contributed by atoms with Crippen LogP contribution in [0.1, 0.15) is 36.6 Å². The highest BCUT2D eigenvalue weighted by Gasteiger charge is 2.25. The maximum absolute atomic E-state index is 12.5. The van der Waals surface area contributed by atoms with Crippen molar-refractivity contribution in [3.05, 3.63) is 52.6 Å². The standard InChI is InChI=1S/C16H12O7/c1-23-16(22)8-5-9(7-17)13(12(20)6-8)15(21)14-10(18)3-2-4-11(14)19/h2-7,18-20H,1H3. The van der Waals surface area contributed by atoms with Crippen LogP contribution >= 0.6 is 0 Å². The summed E-state index contributed by atoms with van der Waals surface area (Å²) in [4.78, 5) is 35.2. The third-order valence-corrected chi connectivity index (χ3v) is 3.17. The van der Waals surface area contributed by atoms with Gasteiger partial charge in [0, 0.05) is 5.56 Å². The number of carbonyl (C=O) groups is 3. The van der Waals surface area contributed by atoms with Crippen LogP contribution in [0.5, 0.6) is 17.2 Å². The van der Waals surface area contributed by atoms with E-state index in [1.165, 1.54) is 18.2 Å². The van der Waals surface area contributed by atoms with E-state index in [1.807, 2.05) is 0 Å². The number of phenols is 3. The Morgan fingerprint density at radius 3 is 2.13 bits per heavy atom. The summed E-state index contributed by atoms with van der Waals surface area (Å²) in [6.07, 6.45) is 0.274. The quantitative estimate of drug-likeness (QED) is 0.445. The van der Waals surface area contributed by atoms with Crippen LogP contribution in [0.3, 0.4) is 0 Å². The number of ether oxygens (including phenoxy) is 1. The lowest BCUT2D eigenvalue weighted by Crippen LogP contribution is -2.09. The predicted octanol–water partition coefficient (Wildman–Crippen LogP) is 1.63. The lowest BCUT2D eigenvalue weighted by Gasteiger charge is -2.11. The molecule has 2 aromatic carbocycles. The summed E-state index contributed by atoms with van der Waals surface area (Å²) in [7, 11) is 1.12. The molecule has 0 bridgehead atoms. The number of ketones is 1. The summed E-state index contributed by atoms with van der Waals surface area (Å²) in [6, 6.07) is 5.70. The van der Waals surface area contributed by atoms with Crippen LogP contribution in [0.4, 0.5) is 0 Å². The predicted molar refractivity (Wildman–Crippen MR) is 78.0 cm³/mol. The maximum atomic E-state index is 12.5. The molecule has 0 aliphatic carbocycles. The van der Waals surface area contributed by atoms with Crippen LogP contribution in [0.2, 0.25) is 0 Å². The molecule has 0 aliphatic heterocycles. The Bertz CT molecular complexity index is 788.